The van der Waals surface area contributed by atoms with Gasteiger partial charge in [-0.25, -0.2) is 0 Å². The first-order chi connectivity index (χ1) is 7.84. The molecule has 2 nitrogen and oxygen atoms in total. The van der Waals surface area contributed by atoms with Crippen molar-refractivity contribution >= 4 is 11.6 Å². The summed E-state index contributed by atoms with van der Waals surface area (Å²) in [5.74, 6) is 0.941. The van der Waals surface area contributed by atoms with Crippen LogP contribution in [0.4, 0.5) is 0 Å². The van der Waals surface area contributed by atoms with Gasteiger partial charge in [0.2, 0.25) is 0 Å². The molecule has 0 heterocycles. The summed E-state index contributed by atoms with van der Waals surface area (Å²) in [5, 5.41) is 4.17. The van der Waals surface area contributed by atoms with E-state index in [1.807, 2.05) is 24.3 Å². The molecule has 1 aromatic carbocycles. The van der Waals surface area contributed by atoms with E-state index in [2.05, 4.69) is 5.32 Å². The molecular weight excluding hydrogens is 222 g/mol. The van der Waals surface area contributed by atoms with Gasteiger partial charge in [-0.3, -0.25) is 0 Å². The van der Waals surface area contributed by atoms with E-state index in [1.54, 1.807) is 0 Å². The number of hydrogen-bond acceptors (Lipinski definition) is 2. The van der Waals surface area contributed by atoms with Crippen molar-refractivity contribution in [2.24, 2.45) is 5.92 Å². The van der Waals surface area contributed by atoms with Crippen LogP contribution in [0, 0.1) is 5.92 Å². The zero-order valence-corrected chi connectivity index (χ0v) is 10.2. The largest absolute Gasteiger partial charge is 0.375 e. The summed E-state index contributed by atoms with van der Waals surface area (Å²) in [5.41, 5.74) is 1.17. The van der Waals surface area contributed by atoms with Gasteiger partial charge in [0.15, 0.2) is 0 Å². The van der Waals surface area contributed by atoms with Crippen molar-refractivity contribution in [3.8, 4) is 0 Å². The van der Waals surface area contributed by atoms with Gasteiger partial charge in [-0.1, -0.05) is 23.7 Å². The van der Waals surface area contributed by atoms with Crippen molar-refractivity contribution in [3.63, 3.8) is 0 Å². The lowest BCUT2D eigenvalue weighted by atomic mass is 10.2. The zero-order chi connectivity index (χ0) is 11.2. The van der Waals surface area contributed by atoms with Crippen molar-refractivity contribution in [1.82, 2.24) is 5.32 Å². The molecule has 0 saturated heterocycles. The number of hydrogen-bond donors (Lipinski definition) is 1. The fraction of sp³-hybridized carbons (Fsp3) is 0.538. The summed E-state index contributed by atoms with van der Waals surface area (Å²) in [6.07, 6.45) is 2.80. The molecule has 1 N–H and O–H groups in total. The normalized spacial score (nSPS) is 15.3. The van der Waals surface area contributed by atoms with E-state index < -0.39 is 0 Å². The highest BCUT2D eigenvalue weighted by molar-refractivity contribution is 6.30. The third-order valence-electron chi connectivity index (χ3n) is 2.74. The maximum Gasteiger partial charge on any atom is 0.0717 e. The molecule has 0 aliphatic heterocycles. The maximum absolute atomic E-state index is 5.80. The van der Waals surface area contributed by atoms with Gasteiger partial charge >= 0.3 is 0 Å². The molecule has 0 atom stereocenters. The number of halogens is 1. The Morgan fingerprint density at radius 1 is 1.25 bits per heavy atom. The molecule has 1 saturated carbocycles. The summed E-state index contributed by atoms with van der Waals surface area (Å²) < 4.78 is 5.56. The van der Waals surface area contributed by atoms with Crippen molar-refractivity contribution < 1.29 is 4.74 Å². The topological polar surface area (TPSA) is 21.3 Å². The van der Waals surface area contributed by atoms with Crippen LogP contribution in [0.25, 0.3) is 0 Å². The van der Waals surface area contributed by atoms with Crippen LogP contribution in [0.2, 0.25) is 5.02 Å². The Bertz CT molecular complexity index is 308. The van der Waals surface area contributed by atoms with Crippen LogP contribution < -0.4 is 5.32 Å². The minimum absolute atomic E-state index is 0.669. The summed E-state index contributed by atoms with van der Waals surface area (Å²) in [7, 11) is 0. The van der Waals surface area contributed by atoms with E-state index in [0.717, 1.165) is 30.6 Å². The van der Waals surface area contributed by atoms with Gasteiger partial charge < -0.3 is 10.1 Å². The summed E-state index contributed by atoms with van der Waals surface area (Å²) in [6.45, 7) is 3.55. The second-order valence-corrected chi connectivity index (χ2v) is 4.76. The lowest BCUT2D eigenvalue weighted by Crippen LogP contribution is -2.21. The van der Waals surface area contributed by atoms with Crippen LogP contribution >= 0.6 is 11.6 Å². The van der Waals surface area contributed by atoms with Gasteiger partial charge in [0, 0.05) is 11.6 Å². The molecule has 88 valence electrons. The number of ether oxygens (including phenoxy) is 1. The zero-order valence-electron chi connectivity index (χ0n) is 9.42. The van der Waals surface area contributed by atoms with E-state index in [4.69, 9.17) is 16.3 Å². The third kappa shape index (κ3) is 4.52. The van der Waals surface area contributed by atoms with E-state index in [-0.39, 0.29) is 0 Å². The number of rotatable bonds is 7. The highest BCUT2D eigenvalue weighted by Gasteiger charge is 2.19. The second-order valence-electron chi connectivity index (χ2n) is 4.33. The predicted octanol–water partition coefficient (Wildman–Crippen LogP) is 2.86. The van der Waals surface area contributed by atoms with Gasteiger partial charge in [0.1, 0.15) is 0 Å². The lowest BCUT2D eigenvalue weighted by molar-refractivity contribution is 0.122. The van der Waals surface area contributed by atoms with E-state index >= 15 is 0 Å². The van der Waals surface area contributed by atoms with Crippen LogP contribution in [0.15, 0.2) is 24.3 Å². The molecule has 0 amide bonds. The summed E-state index contributed by atoms with van der Waals surface area (Å²) >= 11 is 5.80. The van der Waals surface area contributed by atoms with Crippen molar-refractivity contribution in [2.45, 2.75) is 19.4 Å². The Labute approximate surface area is 102 Å². The standard InChI is InChI=1S/C13H18ClNO/c14-13-5-3-12(4-6-13)10-16-8-7-15-9-11-1-2-11/h3-6,11,15H,1-2,7-10H2. The van der Waals surface area contributed by atoms with Gasteiger partial charge in [0.05, 0.1) is 13.2 Å². The SMILES string of the molecule is Clc1ccc(COCCNCC2CC2)cc1. The van der Waals surface area contributed by atoms with Gasteiger partial charge in [-0.2, -0.15) is 0 Å². The molecular formula is C13H18ClNO. The second kappa shape index (κ2) is 6.24. The Balaban J connectivity index is 1.51. The van der Waals surface area contributed by atoms with Gasteiger partial charge in [-0.05, 0) is 43.0 Å². The van der Waals surface area contributed by atoms with Crippen LogP contribution in [0.1, 0.15) is 18.4 Å². The predicted molar refractivity (Wildman–Crippen MR) is 66.7 cm³/mol. The lowest BCUT2D eigenvalue weighted by Gasteiger charge is -2.05. The average Bonchev–Trinajstić information content (AvgIpc) is 3.10. The molecule has 1 aromatic rings. The molecule has 3 heteroatoms. The van der Waals surface area contributed by atoms with Crippen LogP contribution in [-0.2, 0) is 11.3 Å². The highest BCUT2D eigenvalue weighted by atomic mass is 35.5. The smallest absolute Gasteiger partial charge is 0.0717 e. The molecule has 16 heavy (non-hydrogen) atoms. The monoisotopic (exact) mass is 239 g/mol. The quantitative estimate of drug-likeness (QED) is 0.739. The number of benzene rings is 1. The average molecular weight is 240 g/mol. The fourth-order valence-corrected chi connectivity index (χ4v) is 1.67. The van der Waals surface area contributed by atoms with Crippen molar-refractivity contribution in [1.29, 1.82) is 0 Å². The minimum atomic E-state index is 0.669. The fourth-order valence-electron chi connectivity index (χ4n) is 1.54. The molecule has 1 aliphatic carbocycles. The Kier molecular flexibility index (Phi) is 4.64. The van der Waals surface area contributed by atoms with Crippen molar-refractivity contribution in [2.75, 3.05) is 19.7 Å². The molecule has 0 spiro atoms. The van der Waals surface area contributed by atoms with E-state index in [0.29, 0.717) is 6.61 Å². The van der Waals surface area contributed by atoms with Crippen LogP contribution in [0.3, 0.4) is 0 Å². The minimum Gasteiger partial charge on any atom is -0.375 e. The third-order valence-corrected chi connectivity index (χ3v) is 2.99. The molecule has 1 aliphatic rings. The Morgan fingerprint density at radius 3 is 2.69 bits per heavy atom. The van der Waals surface area contributed by atoms with Crippen LogP contribution in [0.5, 0.6) is 0 Å². The van der Waals surface area contributed by atoms with E-state index in [1.165, 1.54) is 18.4 Å². The summed E-state index contributed by atoms with van der Waals surface area (Å²) in [6, 6.07) is 7.79. The van der Waals surface area contributed by atoms with Gasteiger partial charge in [-0.15, -0.1) is 0 Å². The Hall–Kier alpha value is -0.570. The molecule has 1 fully saturated rings. The highest BCUT2D eigenvalue weighted by Crippen LogP contribution is 2.27. The van der Waals surface area contributed by atoms with Gasteiger partial charge in [0.25, 0.3) is 0 Å². The molecule has 0 radical (unpaired) electrons. The first kappa shape index (κ1) is 11.9. The molecule has 0 unspecified atom stereocenters. The Morgan fingerprint density at radius 2 is 2.00 bits per heavy atom. The molecule has 0 bridgehead atoms. The molecule has 2 rings (SSSR count). The number of nitrogens with one attached hydrogen (secondary N) is 1. The first-order valence-corrected chi connectivity index (χ1v) is 6.25. The van der Waals surface area contributed by atoms with E-state index in [9.17, 15) is 0 Å². The van der Waals surface area contributed by atoms with Crippen molar-refractivity contribution in [3.05, 3.63) is 34.9 Å². The molecule has 0 aromatic heterocycles. The summed E-state index contributed by atoms with van der Waals surface area (Å²) in [4.78, 5) is 0. The van der Waals surface area contributed by atoms with Crippen LogP contribution in [-0.4, -0.2) is 19.7 Å². The first-order valence-electron chi connectivity index (χ1n) is 5.87. The maximum atomic E-state index is 5.80.